The highest BCUT2D eigenvalue weighted by Gasteiger charge is 2.16. The molecule has 0 aliphatic carbocycles. The highest BCUT2D eigenvalue weighted by atomic mass is 16.5. The normalized spacial score (nSPS) is 12.5. The number of rotatable bonds is 4. The molecule has 0 atom stereocenters. The fourth-order valence-corrected chi connectivity index (χ4v) is 0.733. The van der Waals surface area contributed by atoms with Gasteiger partial charge in [-0.1, -0.05) is 0 Å². The molecule has 0 fully saturated rings. The molecule has 0 aromatic heterocycles. The van der Waals surface area contributed by atoms with E-state index in [1.54, 1.807) is 0 Å². The van der Waals surface area contributed by atoms with Crippen molar-refractivity contribution in [3.05, 3.63) is 11.5 Å². The number of aliphatic hydroxyl groups is 1. The highest BCUT2D eigenvalue weighted by molar-refractivity contribution is 5.89. The van der Waals surface area contributed by atoms with Crippen LogP contribution in [0.3, 0.4) is 0 Å². The first kappa shape index (κ1) is 12.3. The number of Topliss-reactive ketones (excluding diaryl/α,β-unsaturated/α-hetero) is 1. The van der Waals surface area contributed by atoms with Gasteiger partial charge in [-0.15, -0.1) is 5.11 Å². The Kier molecular flexibility index (Phi) is 5.13. The predicted molar refractivity (Wildman–Crippen MR) is 47.7 cm³/mol. The number of carbonyl (C=O) groups is 2. The molecule has 0 saturated carbocycles. The maximum absolute atomic E-state index is 11.0. The molecule has 0 amide bonds. The predicted octanol–water partition coefficient (Wildman–Crippen LogP) is 0.990. The van der Waals surface area contributed by atoms with Gasteiger partial charge in [-0.05, 0) is 6.92 Å². The third-order valence-corrected chi connectivity index (χ3v) is 1.27. The first-order valence-corrected chi connectivity index (χ1v) is 3.82. The van der Waals surface area contributed by atoms with Gasteiger partial charge in [0.2, 0.25) is 5.70 Å². The Morgan fingerprint density at radius 1 is 1.43 bits per heavy atom. The minimum Gasteiger partial charge on any atom is -0.509 e. The average molecular weight is 200 g/mol. The Bertz CT molecular complexity index is 294. The fourth-order valence-electron chi connectivity index (χ4n) is 0.733. The van der Waals surface area contributed by atoms with Gasteiger partial charge < -0.3 is 9.84 Å². The van der Waals surface area contributed by atoms with E-state index in [9.17, 15) is 14.7 Å². The van der Waals surface area contributed by atoms with Gasteiger partial charge in [-0.25, -0.2) is 4.79 Å². The Balaban J connectivity index is 4.94. The van der Waals surface area contributed by atoms with Crippen molar-refractivity contribution in [2.45, 2.75) is 13.3 Å². The van der Waals surface area contributed by atoms with Gasteiger partial charge in [-0.2, -0.15) is 5.11 Å². The standard InChI is InChI=1S/C8H12N2O4/c1-5(11)4-6(12)7(10-9-2)8(13)14-3/h12H,4H2,1-3H3. The lowest BCUT2D eigenvalue weighted by Crippen LogP contribution is -2.07. The van der Waals surface area contributed by atoms with Crippen molar-refractivity contribution in [3.8, 4) is 0 Å². The maximum Gasteiger partial charge on any atom is 0.362 e. The number of methoxy groups -OCH3 is 1. The zero-order valence-electron chi connectivity index (χ0n) is 8.27. The van der Waals surface area contributed by atoms with Crippen LogP contribution in [0, 0.1) is 0 Å². The van der Waals surface area contributed by atoms with Crippen LogP contribution in [0.5, 0.6) is 0 Å². The minimum atomic E-state index is -0.825. The number of aliphatic hydroxyl groups excluding tert-OH is 1. The molecule has 0 bridgehead atoms. The lowest BCUT2D eigenvalue weighted by molar-refractivity contribution is -0.136. The molecule has 6 nitrogen and oxygen atoms in total. The first-order valence-electron chi connectivity index (χ1n) is 3.82. The lowest BCUT2D eigenvalue weighted by Gasteiger charge is -2.01. The van der Waals surface area contributed by atoms with Crippen LogP contribution in [-0.2, 0) is 14.3 Å². The average Bonchev–Trinajstić information content (AvgIpc) is 2.11. The number of carbonyl (C=O) groups excluding carboxylic acids is 2. The molecule has 14 heavy (non-hydrogen) atoms. The second kappa shape index (κ2) is 5.85. The molecule has 0 aromatic rings. The largest absolute Gasteiger partial charge is 0.509 e. The summed E-state index contributed by atoms with van der Waals surface area (Å²) in [6, 6.07) is 0. The van der Waals surface area contributed by atoms with E-state index in [1.807, 2.05) is 0 Å². The zero-order valence-corrected chi connectivity index (χ0v) is 8.27. The Labute approximate surface area is 81.3 Å². The zero-order chi connectivity index (χ0) is 11.1. The van der Waals surface area contributed by atoms with Crippen molar-refractivity contribution in [2.24, 2.45) is 10.2 Å². The topological polar surface area (TPSA) is 88.3 Å². The van der Waals surface area contributed by atoms with Crippen LogP contribution in [0.1, 0.15) is 13.3 Å². The number of esters is 1. The van der Waals surface area contributed by atoms with Gasteiger partial charge in [0.25, 0.3) is 0 Å². The summed E-state index contributed by atoms with van der Waals surface area (Å²) in [7, 11) is 2.48. The van der Waals surface area contributed by atoms with Crippen molar-refractivity contribution in [3.63, 3.8) is 0 Å². The first-order chi connectivity index (χ1) is 6.52. The number of ketones is 1. The highest BCUT2D eigenvalue weighted by Crippen LogP contribution is 2.10. The monoisotopic (exact) mass is 200 g/mol. The minimum absolute atomic E-state index is 0.260. The van der Waals surface area contributed by atoms with Crippen LogP contribution in [-0.4, -0.2) is 31.0 Å². The second-order valence-corrected chi connectivity index (χ2v) is 2.47. The Hall–Kier alpha value is -1.72. The van der Waals surface area contributed by atoms with E-state index in [0.29, 0.717) is 0 Å². The molecule has 0 unspecified atom stereocenters. The molecule has 78 valence electrons. The number of azo groups is 1. The molecule has 0 radical (unpaired) electrons. The van der Waals surface area contributed by atoms with E-state index in [4.69, 9.17) is 0 Å². The summed E-state index contributed by atoms with van der Waals surface area (Å²) in [6.07, 6.45) is -0.260. The van der Waals surface area contributed by atoms with Crippen LogP contribution >= 0.6 is 0 Å². The molecular formula is C8H12N2O4. The van der Waals surface area contributed by atoms with Gasteiger partial charge in [0.1, 0.15) is 11.5 Å². The smallest absolute Gasteiger partial charge is 0.362 e. The van der Waals surface area contributed by atoms with E-state index in [-0.39, 0.29) is 17.9 Å². The quantitative estimate of drug-likeness (QED) is 0.317. The summed E-state index contributed by atoms with van der Waals surface area (Å²) >= 11 is 0. The second-order valence-electron chi connectivity index (χ2n) is 2.47. The molecule has 0 aromatic carbocycles. The van der Waals surface area contributed by atoms with Gasteiger partial charge in [0.15, 0.2) is 0 Å². The third kappa shape index (κ3) is 3.79. The summed E-state index contributed by atoms with van der Waals surface area (Å²) in [4.78, 5) is 21.7. The SMILES string of the molecule is CN=NC(C(=O)OC)=C(O)CC(C)=O. The van der Waals surface area contributed by atoms with Gasteiger partial charge in [0, 0.05) is 7.05 Å². The Morgan fingerprint density at radius 3 is 2.36 bits per heavy atom. The molecule has 0 aliphatic heterocycles. The van der Waals surface area contributed by atoms with E-state index >= 15 is 0 Å². The third-order valence-electron chi connectivity index (χ3n) is 1.27. The van der Waals surface area contributed by atoms with Crippen LogP contribution < -0.4 is 0 Å². The van der Waals surface area contributed by atoms with Gasteiger partial charge in [0.05, 0.1) is 13.5 Å². The summed E-state index contributed by atoms with van der Waals surface area (Å²) in [6.45, 7) is 1.29. The summed E-state index contributed by atoms with van der Waals surface area (Å²) in [5.74, 6) is -1.54. The van der Waals surface area contributed by atoms with Gasteiger partial charge >= 0.3 is 5.97 Å². The summed E-state index contributed by atoms with van der Waals surface area (Å²) in [5.41, 5.74) is -0.342. The van der Waals surface area contributed by atoms with Crippen LogP contribution in [0.2, 0.25) is 0 Å². The van der Waals surface area contributed by atoms with Crippen molar-refractivity contribution < 1.29 is 19.4 Å². The summed E-state index contributed by atoms with van der Waals surface area (Å²) in [5, 5.41) is 16.0. The molecule has 0 saturated heterocycles. The molecular weight excluding hydrogens is 188 g/mol. The number of nitrogens with zero attached hydrogens (tertiary/aromatic N) is 2. The molecule has 6 heteroatoms. The van der Waals surface area contributed by atoms with E-state index < -0.39 is 11.7 Å². The van der Waals surface area contributed by atoms with Crippen molar-refractivity contribution in [2.75, 3.05) is 14.2 Å². The van der Waals surface area contributed by atoms with Crippen molar-refractivity contribution in [1.29, 1.82) is 0 Å². The number of hydrogen-bond donors (Lipinski definition) is 1. The van der Waals surface area contributed by atoms with E-state index in [2.05, 4.69) is 15.0 Å². The number of ether oxygens (including phenoxy) is 1. The summed E-state index contributed by atoms with van der Waals surface area (Å²) < 4.78 is 4.35. The van der Waals surface area contributed by atoms with Crippen LogP contribution in [0.4, 0.5) is 0 Å². The molecule has 0 rings (SSSR count). The molecule has 1 N–H and O–H groups in total. The van der Waals surface area contributed by atoms with E-state index in [1.165, 1.54) is 14.0 Å². The van der Waals surface area contributed by atoms with Crippen LogP contribution in [0.25, 0.3) is 0 Å². The fraction of sp³-hybridized carbons (Fsp3) is 0.500. The van der Waals surface area contributed by atoms with Crippen molar-refractivity contribution >= 4 is 11.8 Å². The molecule has 0 spiro atoms. The van der Waals surface area contributed by atoms with Gasteiger partial charge in [-0.3, -0.25) is 4.79 Å². The Morgan fingerprint density at radius 2 is 2.00 bits per heavy atom. The van der Waals surface area contributed by atoms with Crippen LogP contribution in [0.15, 0.2) is 21.7 Å². The molecule has 0 aliphatic rings. The number of hydrogen-bond acceptors (Lipinski definition) is 6. The maximum atomic E-state index is 11.0. The van der Waals surface area contributed by atoms with E-state index in [0.717, 1.165) is 7.11 Å². The number of allylic oxidation sites excluding steroid dienone is 1. The lowest BCUT2D eigenvalue weighted by atomic mass is 10.2. The van der Waals surface area contributed by atoms with Crippen molar-refractivity contribution in [1.82, 2.24) is 0 Å². The molecule has 0 heterocycles.